The van der Waals surface area contributed by atoms with E-state index in [1.165, 1.54) is 6.08 Å². The van der Waals surface area contributed by atoms with Crippen molar-refractivity contribution < 1.29 is 14.3 Å². The largest absolute Gasteiger partial charge is 0.462 e. The molecule has 0 spiro atoms. The van der Waals surface area contributed by atoms with Gasteiger partial charge in [-0.15, -0.1) is 0 Å². The van der Waals surface area contributed by atoms with Gasteiger partial charge in [0.25, 0.3) is 0 Å². The zero-order valence-corrected chi connectivity index (χ0v) is 10.1. The van der Waals surface area contributed by atoms with Gasteiger partial charge in [0.05, 0.1) is 6.61 Å². The van der Waals surface area contributed by atoms with Crippen LogP contribution in [0.5, 0.6) is 0 Å². The van der Waals surface area contributed by atoms with E-state index >= 15 is 0 Å². The van der Waals surface area contributed by atoms with E-state index in [1.807, 2.05) is 13.8 Å². The third kappa shape index (κ3) is 6.01. The third-order valence-corrected chi connectivity index (χ3v) is 1.87. The lowest BCUT2D eigenvalue weighted by Crippen LogP contribution is -2.36. The Morgan fingerprint density at radius 3 is 2.44 bits per heavy atom. The second-order valence-electron chi connectivity index (χ2n) is 4.44. The second kappa shape index (κ2) is 6.10. The monoisotopic (exact) mass is 225 g/mol. The van der Waals surface area contributed by atoms with Gasteiger partial charge in [0.2, 0.25) is 5.91 Å². The van der Waals surface area contributed by atoms with Crippen molar-refractivity contribution in [2.75, 3.05) is 13.2 Å². The molecule has 1 N–H and O–H groups in total. The van der Waals surface area contributed by atoms with E-state index < -0.39 is 5.97 Å². The molecule has 4 heteroatoms. The summed E-state index contributed by atoms with van der Waals surface area (Å²) in [5.41, 5.74) is 0.0509. The predicted octanol–water partition coefficient (Wildman–Crippen LogP) is 1.43. The van der Waals surface area contributed by atoms with E-state index in [-0.39, 0.29) is 17.9 Å². The Balaban J connectivity index is 4.04. The highest BCUT2D eigenvalue weighted by atomic mass is 16.5. The molecule has 0 aliphatic heterocycles. The van der Waals surface area contributed by atoms with Crippen LogP contribution in [-0.2, 0) is 14.3 Å². The molecule has 0 aromatic heterocycles. The van der Waals surface area contributed by atoms with Crippen molar-refractivity contribution >= 4 is 11.9 Å². The summed E-state index contributed by atoms with van der Waals surface area (Å²) >= 11 is 0. The molecule has 16 heavy (non-hydrogen) atoms. The zero-order valence-electron chi connectivity index (χ0n) is 10.1. The van der Waals surface area contributed by atoms with Gasteiger partial charge < -0.3 is 10.1 Å². The molecule has 0 rings (SSSR count). The van der Waals surface area contributed by atoms with Gasteiger partial charge in [-0.3, -0.25) is 4.79 Å². The molecule has 90 valence electrons. The number of esters is 1. The Hall–Kier alpha value is -1.58. The van der Waals surface area contributed by atoms with Gasteiger partial charge in [0.15, 0.2) is 0 Å². The highest BCUT2D eigenvalue weighted by Gasteiger charge is 2.21. The standard InChI is InChI=1S/C12H19NO3/c1-6-10(14)13-7-12(4,5)8-16-11(15)9(2)3/h6H,1-2,7-8H2,3-5H3,(H,13,14). The molecule has 0 radical (unpaired) electrons. The topological polar surface area (TPSA) is 55.4 Å². The Morgan fingerprint density at radius 1 is 1.44 bits per heavy atom. The fraction of sp³-hybridized carbons (Fsp3) is 0.500. The molecule has 0 fully saturated rings. The molecule has 0 aromatic carbocycles. The Kier molecular flexibility index (Phi) is 5.50. The first-order valence-electron chi connectivity index (χ1n) is 5.01. The fourth-order valence-electron chi connectivity index (χ4n) is 0.834. The van der Waals surface area contributed by atoms with Gasteiger partial charge in [0, 0.05) is 17.5 Å². The average molecular weight is 225 g/mol. The van der Waals surface area contributed by atoms with Gasteiger partial charge in [-0.2, -0.15) is 0 Å². The molecule has 1 amide bonds. The molecular weight excluding hydrogens is 206 g/mol. The summed E-state index contributed by atoms with van der Waals surface area (Å²) < 4.78 is 5.02. The van der Waals surface area contributed by atoms with E-state index in [4.69, 9.17) is 4.74 Å². The summed E-state index contributed by atoms with van der Waals surface area (Å²) in [6.07, 6.45) is 1.20. The molecule has 0 atom stereocenters. The fourth-order valence-corrected chi connectivity index (χ4v) is 0.834. The molecule has 0 aromatic rings. The van der Waals surface area contributed by atoms with Crippen LogP contribution >= 0.6 is 0 Å². The molecule has 4 nitrogen and oxygen atoms in total. The summed E-state index contributed by atoms with van der Waals surface area (Å²) in [5.74, 6) is -0.651. The highest BCUT2D eigenvalue weighted by Crippen LogP contribution is 2.14. The lowest BCUT2D eigenvalue weighted by molar-refractivity contribution is -0.141. The molecule has 0 unspecified atom stereocenters. The van der Waals surface area contributed by atoms with Crippen LogP contribution in [0, 0.1) is 5.41 Å². The molecule has 0 heterocycles. The van der Waals surface area contributed by atoms with Crippen LogP contribution in [-0.4, -0.2) is 25.0 Å². The number of carbonyl (C=O) groups excluding carboxylic acids is 2. The molecule has 0 aliphatic rings. The SMILES string of the molecule is C=CC(=O)NCC(C)(C)COC(=O)C(=C)C. The lowest BCUT2D eigenvalue weighted by Gasteiger charge is -2.24. The van der Waals surface area contributed by atoms with Crippen molar-refractivity contribution in [2.45, 2.75) is 20.8 Å². The van der Waals surface area contributed by atoms with Crippen molar-refractivity contribution in [1.82, 2.24) is 5.32 Å². The molecule has 0 saturated heterocycles. The molecule has 0 bridgehead atoms. The zero-order chi connectivity index (χ0) is 12.8. The quantitative estimate of drug-likeness (QED) is 0.549. The van der Waals surface area contributed by atoms with Crippen molar-refractivity contribution in [3.63, 3.8) is 0 Å². The molecular formula is C12H19NO3. The average Bonchev–Trinajstić information content (AvgIpc) is 2.22. The van der Waals surface area contributed by atoms with Crippen LogP contribution in [0.4, 0.5) is 0 Å². The van der Waals surface area contributed by atoms with Crippen molar-refractivity contribution in [3.05, 3.63) is 24.8 Å². The first-order chi connectivity index (χ1) is 7.28. The van der Waals surface area contributed by atoms with E-state index in [2.05, 4.69) is 18.5 Å². The lowest BCUT2D eigenvalue weighted by atomic mass is 9.95. The number of nitrogens with one attached hydrogen (secondary N) is 1. The molecule has 0 aliphatic carbocycles. The minimum absolute atomic E-state index is 0.232. The first kappa shape index (κ1) is 14.4. The van der Waals surface area contributed by atoms with Crippen LogP contribution in [0.25, 0.3) is 0 Å². The normalized spacial score (nSPS) is 10.4. The minimum Gasteiger partial charge on any atom is -0.462 e. The second-order valence-corrected chi connectivity index (χ2v) is 4.44. The van der Waals surface area contributed by atoms with Gasteiger partial charge in [-0.25, -0.2) is 4.79 Å². The maximum atomic E-state index is 11.2. The Bertz CT molecular complexity index is 305. The first-order valence-corrected chi connectivity index (χ1v) is 5.01. The van der Waals surface area contributed by atoms with Crippen LogP contribution < -0.4 is 5.32 Å². The van der Waals surface area contributed by atoms with Gasteiger partial charge in [-0.05, 0) is 13.0 Å². The van der Waals surface area contributed by atoms with Crippen LogP contribution in [0.15, 0.2) is 24.8 Å². The van der Waals surface area contributed by atoms with Gasteiger partial charge in [0.1, 0.15) is 0 Å². The Morgan fingerprint density at radius 2 is 2.00 bits per heavy atom. The number of ether oxygens (including phenoxy) is 1. The number of hydrogen-bond donors (Lipinski definition) is 1. The number of carbonyl (C=O) groups is 2. The van der Waals surface area contributed by atoms with Crippen molar-refractivity contribution in [1.29, 1.82) is 0 Å². The predicted molar refractivity (Wildman–Crippen MR) is 62.8 cm³/mol. The van der Waals surface area contributed by atoms with Crippen molar-refractivity contribution in [3.8, 4) is 0 Å². The number of hydrogen-bond acceptors (Lipinski definition) is 3. The summed E-state index contributed by atoms with van der Waals surface area (Å²) in [4.78, 5) is 22.1. The molecule has 0 saturated carbocycles. The van der Waals surface area contributed by atoms with Gasteiger partial charge >= 0.3 is 5.97 Å². The smallest absolute Gasteiger partial charge is 0.333 e. The van der Waals surface area contributed by atoms with Crippen LogP contribution in [0.2, 0.25) is 0 Å². The van der Waals surface area contributed by atoms with E-state index in [0.717, 1.165) is 0 Å². The third-order valence-electron chi connectivity index (χ3n) is 1.87. The minimum atomic E-state index is -0.414. The van der Waals surface area contributed by atoms with Crippen molar-refractivity contribution in [2.24, 2.45) is 5.41 Å². The van der Waals surface area contributed by atoms with Crippen LogP contribution in [0.1, 0.15) is 20.8 Å². The summed E-state index contributed by atoms with van der Waals surface area (Å²) in [6, 6.07) is 0. The van der Waals surface area contributed by atoms with Crippen LogP contribution in [0.3, 0.4) is 0 Å². The number of amides is 1. The van der Waals surface area contributed by atoms with E-state index in [1.54, 1.807) is 6.92 Å². The Labute approximate surface area is 96.4 Å². The highest BCUT2D eigenvalue weighted by molar-refractivity contribution is 5.87. The summed E-state index contributed by atoms with van der Waals surface area (Å²) in [5, 5.41) is 2.65. The van der Waals surface area contributed by atoms with E-state index in [0.29, 0.717) is 12.1 Å². The maximum absolute atomic E-state index is 11.2. The van der Waals surface area contributed by atoms with E-state index in [9.17, 15) is 9.59 Å². The number of rotatable bonds is 6. The summed E-state index contributed by atoms with van der Waals surface area (Å²) in [7, 11) is 0. The summed E-state index contributed by atoms with van der Waals surface area (Å²) in [6.45, 7) is 12.9. The van der Waals surface area contributed by atoms with Gasteiger partial charge in [-0.1, -0.05) is 27.0 Å². The maximum Gasteiger partial charge on any atom is 0.333 e.